The summed E-state index contributed by atoms with van der Waals surface area (Å²) >= 11 is 0. The Morgan fingerprint density at radius 2 is 1.65 bits per heavy atom. The second-order valence-electron chi connectivity index (χ2n) is 9.73. The number of hydrogen-bond acceptors (Lipinski definition) is 5. The second-order valence-corrected chi connectivity index (χ2v) is 9.73. The average molecular weight is 453 g/mol. The van der Waals surface area contributed by atoms with Gasteiger partial charge in [-0.25, -0.2) is 0 Å². The monoisotopic (exact) mass is 452 g/mol. The van der Waals surface area contributed by atoms with Crippen LogP contribution >= 0.6 is 0 Å². The maximum absolute atomic E-state index is 13.5. The number of allylic oxidation sites excluding steroid dienone is 1. The molecule has 0 aromatic heterocycles. The van der Waals surface area contributed by atoms with E-state index in [1.165, 1.54) is 0 Å². The summed E-state index contributed by atoms with van der Waals surface area (Å²) in [5.74, 6) is 0.810. The topological polar surface area (TPSA) is 67.4 Å². The van der Waals surface area contributed by atoms with Crippen LogP contribution < -0.4 is 15.4 Å². The van der Waals surface area contributed by atoms with Crippen LogP contribution in [0, 0.1) is 5.41 Å². The summed E-state index contributed by atoms with van der Waals surface area (Å²) in [6, 6.07) is 22.3. The van der Waals surface area contributed by atoms with Gasteiger partial charge >= 0.3 is 0 Å². The van der Waals surface area contributed by atoms with Gasteiger partial charge in [-0.05, 0) is 36.1 Å². The zero-order valence-electron chi connectivity index (χ0n) is 19.6. The fourth-order valence-corrected chi connectivity index (χ4v) is 4.98. The lowest BCUT2D eigenvalue weighted by molar-refractivity contribution is -0.118. The van der Waals surface area contributed by atoms with Gasteiger partial charge in [0, 0.05) is 34.4 Å². The molecule has 1 aliphatic heterocycles. The average Bonchev–Trinajstić information content (AvgIpc) is 2.99. The first-order valence-electron chi connectivity index (χ1n) is 11.5. The van der Waals surface area contributed by atoms with Crippen molar-refractivity contribution in [3.8, 4) is 5.75 Å². The fraction of sp³-hybridized carbons (Fsp3) is 0.241. The van der Waals surface area contributed by atoms with Crippen molar-refractivity contribution in [3.63, 3.8) is 0 Å². The minimum atomic E-state index is -0.362. The van der Waals surface area contributed by atoms with E-state index >= 15 is 0 Å². The minimum Gasteiger partial charge on any atom is -0.496 e. The zero-order valence-corrected chi connectivity index (χ0v) is 19.6. The molecule has 34 heavy (non-hydrogen) atoms. The maximum Gasteiger partial charge on any atom is 0.193 e. The van der Waals surface area contributed by atoms with Gasteiger partial charge in [0.15, 0.2) is 11.6 Å². The van der Waals surface area contributed by atoms with Gasteiger partial charge in [0.25, 0.3) is 0 Å². The Morgan fingerprint density at radius 3 is 2.41 bits per heavy atom. The first-order valence-corrected chi connectivity index (χ1v) is 11.5. The van der Waals surface area contributed by atoms with Gasteiger partial charge in [0.05, 0.1) is 24.5 Å². The van der Waals surface area contributed by atoms with Crippen molar-refractivity contribution in [1.29, 1.82) is 0 Å². The molecule has 0 spiro atoms. The van der Waals surface area contributed by atoms with E-state index in [0.29, 0.717) is 17.5 Å². The fourth-order valence-electron chi connectivity index (χ4n) is 4.98. The number of benzene rings is 3. The van der Waals surface area contributed by atoms with E-state index in [4.69, 9.17) is 4.74 Å². The molecule has 3 aromatic rings. The van der Waals surface area contributed by atoms with Crippen molar-refractivity contribution < 1.29 is 14.3 Å². The van der Waals surface area contributed by atoms with E-state index in [2.05, 4.69) is 24.5 Å². The van der Waals surface area contributed by atoms with Gasteiger partial charge < -0.3 is 15.4 Å². The number of methoxy groups -OCH3 is 1. The van der Waals surface area contributed by atoms with Crippen molar-refractivity contribution >= 4 is 22.9 Å². The highest BCUT2D eigenvalue weighted by molar-refractivity contribution is 6.10. The minimum absolute atomic E-state index is 0.0371. The van der Waals surface area contributed by atoms with E-state index in [0.717, 1.165) is 40.4 Å². The number of Topliss-reactive ketones (excluding diaryl/α,β-unsaturated/α-hetero) is 1. The molecular formula is C29H28N2O3. The Hall–Kier alpha value is -3.86. The van der Waals surface area contributed by atoms with Crippen molar-refractivity contribution in [2.45, 2.75) is 32.7 Å². The lowest BCUT2D eigenvalue weighted by atomic mass is 9.73. The third-order valence-corrected chi connectivity index (χ3v) is 6.56. The Morgan fingerprint density at radius 1 is 0.912 bits per heavy atom. The molecule has 1 unspecified atom stereocenters. The number of carbonyl (C=O) groups is 2. The van der Waals surface area contributed by atoms with Gasteiger partial charge in [-0.15, -0.1) is 0 Å². The van der Waals surface area contributed by atoms with Crippen LogP contribution in [0.25, 0.3) is 0 Å². The SMILES string of the molecule is COc1ccccc1C1Nc2ccc(C(=O)c3ccccc3)cc2NC2=C1C(=O)CC(C)(C)C2. The molecule has 0 radical (unpaired) electrons. The molecule has 2 N–H and O–H groups in total. The number of ketones is 2. The number of fused-ring (bicyclic) bond motifs is 1. The van der Waals surface area contributed by atoms with E-state index in [-0.39, 0.29) is 23.0 Å². The van der Waals surface area contributed by atoms with Gasteiger partial charge in [-0.2, -0.15) is 0 Å². The molecule has 3 aromatic carbocycles. The first-order chi connectivity index (χ1) is 16.4. The molecule has 2 aliphatic rings. The maximum atomic E-state index is 13.5. The van der Waals surface area contributed by atoms with Crippen LogP contribution in [0.1, 0.15) is 54.2 Å². The third-order valence-electron chi connectivity index (χ3n) is 6.56. The van der Waals surface area contributed by atoms with Crippen LogP contribution in [-0.2, 0) is 4.79 Å². The van der Waals surface area contributed by atoms with E-state index < -0.39 is 0 Å². The van der Waals surface area contributed by atoms with Crippen LogP contribution in [0.4, 0.5) is 11.4 Å². The van der Waals surface area contributed by atoms with Gasteiger partial charge in [0.1, 0.15) is 5.75 Å². The standard InChI is InChI=1S/C29H28N2O3/c1-29(2)16-23-26(24(32)17-29)27(20-11-7-8-12-25(20)34-3)31-21-14-13-19(15-22(21)30-23)28(33)18-9-5-4-6-10-18/h4-15,27,30-31H,16-17H2,1-3H3. The molecule has 0 fully saturated rings. The highest BCUT2D eigenvalue weighted by atomic mass is 16.5. The Kier molecular flexibility index (Phi) is 5.48. The highest BCUT2D eigenvalue weighted by Crippen LogP contribution is 2.47. The Bertz CT molecular complexity index is 1310. The summed E-state index contributed by atoms with van der Waals surface area (Å²) < 4.78 is 5.64. The molecule has 0 amide bonds. The Balaban J connectivity index is 1.63. The molecule has 5 nitrogen and oxygen atoms in total. The largest absolute Gasteiger partial charge is 0.496 e. The quantitative estimate of drug-likeness (QED) is 0.465. The first kappa shape index (κ1) is 22.0. The molecule has 5 heteroatoms. The number of rotatable bonds is 4. The summed E-state index contributed by atoms with van der Waals surface area (Å²) in [7, 11) is 1.64. The molecule has 0 saturated carbocycles. The van der Waals surface area contributed by atoms with Crippen LogP contribution in [0.3, 0.4) is 0 Å². The molecule has 0 saturated heterocycles. The molecule has 1 aliphatic carbocycles. The molecule has 0 bridgehead atoms. The number of anilines is 2. The summed E-state index contributed by atoms with van der Waals surface area (Å²) in [6.45, 7) is 4.23. The smallest absolute Gasteiger partial charge is 0.193 e. The van der Waals surface area contributed by atoms with Crippen LogP contribution in [-0.4, -0.2) is 18.7 Å². The second kappa shape index (κ2) is 8.49. The van der Waals surface area contributed by atoms with E-state index in [1.54, 1.807) is 7.11 Å². The summed E-state index contributed by atoms with van der Waals surface area (Å²) in [4.78, 5) is 26.6. The van der Waals surface area contributed by atoms with Gasteiger partial charge in [-0.3, -0.25) is 9.59 Å². The van der Waals surface area contributed by atoms with Crippen molar-refractivity contribution in [3.05, 3.63) is 101 Å². The van der Waals surface area contributed by atoms with Crippen molar-refractivity contribution in [1.82, 2.24) is 0 Å². The van der Waals surface area contributed by atoms with Gasteiger partial charge in [-0.1, -0.05) is 62.4 Å². The van der Waals surface area contributed by atoms with Crippen LogP contribution in [0.5, 0.6) is 5.75 Å². The van der Waals surface area contributed by atoms with Crippen LogP contribution in [0.15, 0.2) is 84.1 Å². The zero-order chi connectivity index (χ0) is 23.9. The summed E-state index contributed by atoms with van der Waals surface area (Å²) in [5, 5.41) is 7.12. The number of carbonyl (C=O) groups excluding carboxylic acids is 2. The summed E-state index contributed by atoms with van der Waals surface area (Å²) in [5.41, 5.74) is 5.24. The van der Waals surface area contributed by atoms with Crippen molar-refractivity contribution in [2.24, 2.45) is 5.41 Å². The van der Waals surface area contributed by atoms with Crippen LogP contribution in [0.2, 0.25) is 0 Å². The highest BCUT2D eigenvalue weighted by Gasteiger charge is 2.39. The Labute approximate surface area is 199 Å². The number of para-hydroxylation sites is 1. The predicted molar refractivity (Wildman–Crippen MR) is 134 cm³/mol. The molecule has 1 heterocycles. The normalized spacial score (nSPS) is 18.7. The van der Waals surface area contributed by atoms with Gasteiger partial charge in [0.2, 0.25) is 0 Å². The molecule has 5 rings (SSSR count). The third kappa shape index (κ3) is 3.98. The van der Waals surface area contributed by atoms with E-state index in [9.17, 15) is 9.59 Å². The molecular weight excluding hydrogens is 424 g/mol. The summed E-state index contributed by atoms with van der Waals surface area (Å²) in [6.07, 6.45) is 1.21. The molecule has 172 valence electrons. The number of ether oxygens (including phenoxy) is 1. The molecule has 1 atom stereocenters. The van der Waals surface area contributed by atoms with Crippen molar-refractivity contribution in [2.75, 3.05) is 17.7 Å². The lowest BCUT2D eigenvalue weighted by Gasteiger charge is -2.34. The predicted octanol–water partition coefficient (Wildman–Crippen LogP) is 6.15. The number of nitrogens with one attached hydrogen (secondary N) is 2. The number of hydrogen-bond donors (Lipinski definition) is 2. The lowest BCUT2D eigenvalue weighted by Crippen LogP contribution is -2.31. The van der Waals surface area contributed by atoms with E-state index in [1.807, 2.05) is 72.8 Å².